The standard InChI is InChI=1S/C22H31N5O/c1-4-26(5-2)22(28)21-17-27(24-23-21)20-12-9-13-25(16-20)15-18(3)14-19-10-7-6-8-11-19/h6-8,10-11,14,17,20H,4-5,9,12-13,15-16H2,1-3H3. The van der Waals surface area contributed by atoms with Crippen molar-refractivity contribution >= 4 is 12.0 Å². The normalized spacial score (nSPS) is 18.2. The summed E-state index contributed by atoms with van der Waals surface area (Å²) in [7, 11) is 0. The first kappa shape index (κ1) is 20.3. The second-order valence-electron chi connectivity index (χ2n) is 7.49. The zero-order valence-electron chi connectivity index (χ0n) is 17.2. The van der Waals surface area contributed by atoms with Crippen molar-refractivity contribution in [3.8, 4) is 0 Å². The van der Waals surface area contributed by atoms with Crippen LogP contribution >= 0.6 is 0 Å². The summed E-state index contributed by atoms with van der Waals surface area (Å²) in [5, 5.41) is 8.41. The van der Waals surface area contributed by atoms with Gasteiger partial charge < -0.3 is 4.90 Å². The SMILES string of the molecule is CCN(CC)C(=O)c1cn(C2CCCN(CC(C)=Cc3ccccc3)C2)nn1. The van der Waals surface area contributed by atoms with E-state index in [0.717, 1.165) is 32.5 Å². The lowest BCUT2D eigenvalue weighted by atomic mass is 10.0. The van der Waals surface area contributed by atoms with Gasteiger partial charge >= 0.3 is 0 Å². The van der Waals surface area contributed by atoms with Gasteiger partial charge in [0.1, 0.15) is 0 Å². The summed E-state index contributed by atoms with van der Waals surface area (Å²) in [6, 6.07) is 10.7. The third kappa shape index (κ3) is 5.07. The molecule has 1 aliphatic rings. The number of hydrogen-bond acceptors (Lipinski definition) is 4. The molecule has 1 aliphatic heterocycles. The fourth-order valence-corrected chi connectivity index (χ4v) is 3.85. The van der Waals surface area contributed by atoms with Gasteiger partial charge in [0, 0.05) is 26.2 Å². The third-order valence-electron chi connectivity index (χ3n) is 5.32. The van der Waals surface area contributed by atoms with Crippen LogP contribution in [0, 0.1) is 0 Å². The molecule has 0 N–H and O–H groups in total. The van der Waals surface area contributed by atoms with Gasteiger partial charge in [-0.05, 0) is 45.7 Å². The van der Waals surface area contributed by atoms with Crippen LogP contribution in [-0.2, 0) is 0 Å². The number of carbonyl (C=O) groups excluding carboxylic acids is 1. The molecule has 0 radical (unpaired) electrons. The summed E-state index contributed by atoms with van der Waals surface area (Å²) >= 11 is 0. The van der Waals surface area contributed by atoms with E-state index in [-0.39, 0.29) is 11.9 Å². The van der Waals surface area contributed by atoms with Crippen LogP contribution in [0.4, 0.5) is 0 Å². The van der Waals surface area contributed by atoms with E-state index >= 15 is 0 Å². The van der Waals surface area contributed by atoms with Crippen LogP contribution in [0.15, 0.2) is 42.1 Å². The summed E-state index contributed by atoms with van der Waals surface area (Å²) in [6.07, 6.45) is 6.27. The molecule has 1 atom stereocenters. The van der Waals surface area contributed by atoms with Gasteiger partial charge in [-0.25, -0.2) is 4.68 Å². The van der Waals surface area contributed by atoms with E-state index in [0.29, 0.717) is 18.8 Å². The number of amides is 1. The first-order valence-electron chi connectivity index (χ1n) is 10.3. The molecule has 2 aromatic rings. The highest BCUT2D eigenvalue weighted by molar-refractivity contribution is 5.91. The van der Waals surface area contributed by atoms with Crippen LogP contribution in [0.25, 0.3) is 6.08 Å². The lowest BCUT2D eigenvalue weighted by Gasteiger charge is -2.32. The van der Waals surface area contributed by atoms with E-state index in [1.807, 2.05) is 30.8 Å². The first-order chi connectivity index (χ1) is 13.6. The van der Waals surface area contributed by atoms with Crippen LogP contribution in [0.1, 0.15) is 55.7 Å². The number of benzene rings is 1. The molecule has 1 amide bonds. The van der Waals surface area contributed by atoms with Crippen LogP contribution in [0.2, 0.25) is 0 Å². The van der Waals surface area contributed by atoms with Gasteiger partial charge in [-0.3, -0.25) is 9.69 Å². The van der Waals surface area contributed by atoms with Crippen molar-refractivity contribution in [2.75, 3.05) is 32.7 Å². The molecule has 28 heavy (non-hydrogen) atoms. The zero-order valence-corrected chi connectivity index (χ0v) is 17.2. The first-order valence-corrected chi connectivity index (χ1v) is 10.3. The Labute approximate surface area is 167 Å². The van der Waals surface area contributed by atoms with Gasteiger partial charge in [0.25, 0.3) is 5.91 Å². The van der Waals surface area contributed by atoms with Gasteiger partial charge in [-0.15, -0.1) is 5.10 Å². The molecule has 6 heteroatoms. The minimum atomic E-state index is -0.0365. The quantitative estimate of drug-likeness (QED) is 0.737. The minimum absolute atomic E-state index is 0.0365. The Balaban J connectivity index is 1.62. The van der Waals surface area contributed by atoms with E-state index in [4.69, 9.17) is 0 Å². The number of hydrogen-bond donors (Lipinski definition) is 0. The van der Waals surface area contributed by atoms with Crippen LogP contribution in [0.3, 0.4) is 0 Å². The molecule has 3 rings (SSSR count). The second kappa shape index (κ2) is 9.64. The predicted octanol–water partition coefficient (Wildman–Crippen LogP) is 3.50. The molecule has 150 valence electrons. The fourth-order valence-electron chi connectivity index (χ4n) is 3.85. The third-order valence-corrected chi connectivity index (χ3v) is 5.32. The number of aromatic nitrogens is 3. The molecule has 1 fully saturated rings. The molecular formula is C22H31N5O. The Bertz CT molecular complexity index is 794. The number of carbonyl (C=O) groups is 1. The molecule has 0 saturated carbocycles. The van der Waals surface area contributed by atoms with Crippen LogP contribution in [-0.4, -0.2) is 63.4 Å². The van der Waals surface area contributed by atoms with E-state index in [9.17, 15) is 4.79 Å². The van der Waals surface area contributed by atoms with Crippen molar-refractivity contribution in [3.05, 3.63) is 53.4 Å². The largest absolute Gasteiger partial charge is 0.338 e. The number of nitrogens with zero attached hydrogens (tertiary/aromatic N) is 5. The summed E-state index contributed by atoms with van der Waals surface area (Å²) in [4.78, 5) is 16.7. The Kier molecular flexibility index (Phi) is 6.98. The molecule has 1 aromatic carbocycles. The number of rotatable bonds is 7. The number of likely N-dealkylation sites (tertiary alicyclic amines) is 1. The highest BCUT2D eigenvalue weighted by Gasteiger charge is 2.24. The monoisotopic (exact) mass is 381 g/mol. The Morgan fingerprint density at radius 2 is 2.00 bits per heavy atom. The maximum absolute atomic E-state index is 12.5. The van der Waals surface area contributed by atoms with Crippen LogP contribution < -0.4 is 0 Å². The zero-order chi connectivity index (χ0) is 19.9. The van der Waals surface area contributed by atoms with Gasteiger partial charge in [-0.1, -0.05) is 47.2 Å². The smallest absolute Gasteiger partial charge is 0.276 e. The Morgan fingerprint density at radius 3 is 2.71 bits per heavy atom. The van der Waals surface area contributed by atoms with Crippen molar-refractivity contribution in [2.45, 2.75) is 39.7 Å². The predicted molar refractivity (Wildman–Crippen MR) is 112 cm³/mol. The summed E-state index contributed by atoms with van der Waals surface area (Å²) < 4.78 is 1.89. The van der Waals surface area contributed by atoms with Crippen molar-refractivity contribution in [2.24, 2.45) is 0 Å². The lowest BCUT2D eigenvalue weighted by Crippen LogP contribution is -2.37. The molecule has 0 spiro atoms. The van der Waals surface area contributed by atoms with Gasteiger partial charge in [0.2, 0.25) is 0 Å². The topological polar surface area (TPSA) is 54.3 Å². The maximum Gasteiger partial charge on any atom is 0.276 e. The average Bonchev–Trinajstić information content (AvgIpc) is 3.20. The van der Waals surface area contributed by atoms with E-state index in [1.54, 1.807) is 4.90 Å². The molecule has 1 saturated heterocycles. The molecule has 2 heterocycles. The maximum atomic E-state index is 12.5. The van der Waals surface area contributed by atoms with Crippen LogP contribution in [0.5, 0.6) is 0 Å². The van der Waals surface area contributed by atoms with Crippen molar-refractivity contribution in [1.82, 2.24) is 24.8 Å². The minimum Gasteiger partial charge on any atom is -0.338 e. The average molecular weight is 382 g/mol. The molecule has 0 aliphatic carbocycles. The number of piperidine rings is 1. The fraction of sp³-hybridized carbons (Fsp3) is 0.500. The summed E-state index contributed by atoms with van der Waals surface area (Å²) in [6.45, 7) is 10.5. The Hall–Kier alpha value is -2.47. The van der Waals surface area contributed by atoms with Gasteiger partial charge in [-0.2, -0.15) is 0 Å². The van der Waals surface area contributed by atoms with E-state index in [2.05, 4.69) is 52.5 Å². The molecular weight excluding hydrogens is 350 g/mol. The lowest BCUT2D eigenvalue weighted by molar-refractivity contribution is 0.0767. The highest BCUT2D eigenvalue weighted by Crippen LogP contribution is 2.22. The summed E-state index contributed by atoms with van der Waals surface area (Å²) in [5.41, 5.74) is 3.04. The Morgan fingerprint density at radius 1 is 1.25 bits per heavy atom. The van der Waals surface area contributed by atoms with Crippen molar-refractivity contribution < 1.29 is 4.79 Å². The van der Waals surface area contributed by atoms with Gasteiger partial charge in [0.05, 0.1) is 12.2 Å². The second-order valence-corrected chi connectivity index (χ2v) is 7.49. The molecule has 6 nitrogen and oxygen atoms in total. The molecule has 0 bridgehead atoms. The van der Waals surface area contributed by atoms with E-state index in [1.165, 1.54) is 11.1 Å². The van der Waals surface area contributed by atoms with Crippen molar-refractivity contribution in [1.29, 1.82) is 0 Å². The molecule has 1 unspecified atom stereocenters. The highest BCUT2D eigenvalue weighted by atomic mass is 16.2. The van der Waals surface area contributed by atoms with Gasteiger partial charge in [0.15, 0.2) is 5.69 Å². The summed E-state index contributed by atoms with van der Waals surface area (Å²) in [5.74, 6) is -0.0365. The van der Waals surface area contributed by atoms with E-state index < -0.39 is 0 Å². The molecule has 1 aromatic heterocycles. The van der Waals surface area contributed by atoms with Crippen molar-refractivity contribution in [3.63, 3.8) is 0 Å².